The fourth-order valence-electron chi connectivity index (χ4n) is 0.531. The molecule has 11 heavy (non-hydrogen) atoms. The molecular formula is C8H12N2O. The third-order valence-corrected chi connectivity index (χ3v) is 1.03. The average Bonchev–Trinajstić information content (AvgIpc) is 1.99. The highest BCUT2D eigenvalue weighted by Crippen LogP contribution is 1.88. The molecular weight excluding hydrogens is 140 g/mol. The van der Waals surface area contributed by atoms with E-state index in [9.17, 15) is 0 Å². The lowest BCUT2D eigenvalue weighted by Crippen LogP contribution is -2.22. The molecule has 0 aromatic heterocycles. The van der Waals surface area contributed by atoms with E-state index in [-0.39, 0.29) is 0 Å². The van der Waals surface area contributed by atoms with Crippen LogP contribution in [0.15, 0.2) is 24.3 Å². The van der Waals surface area contributed by atoms with Crippen molar-refractivity contribution in [3.05, 3.63) is 24.3 Å². The number of hydrogen-bond donors (Lipinski definition) is 2. The van der Waals surface area contributed by atoms with Gasteiger partial charge in [0.05, 0.1) is 0 Å². The summed E-state index contributed by atoms with van der Waals surface area (Å²) >= 11 is 0. The standard InChI is InChI=1S/C8H12N2O/c1-2-3-4-5-6-8(11)10-7-9/h2-5,8,10-11H,6H2,1H3. The van der Waals surface area contributed by atoms with Gasteiger partial charge in [0.15, 0.2) is 6.19 Å². The molecule has 0 spiro atoms. The van der Waals surface area contributed by atoms with Gasteiger partial charge in [-0.1, -0.05) is 24.3 Å². The van der Waals surface area contributed by atoms with Crippen LogP contribution in [0, 0.1) is 11.5 Å². The summed E-state index contributed by atoms with van der Waals surface area (Å²) in [7, 11) is 0. The minimum Gasteiger partial charge on any atom is -0.373 e. The molecule has 0 fully saturated rings. The van der Waals surface area contributed by atoms with E-state index >= 15 is 0 Å². The second-order valence-electron chi connectivity index (χ2n) is 1.96. The number of allylic oxidation sites excluding steroid dienone is 3. The van der Waals surface area contributed by atoms with Crippen molar-refractivity contribution in [1.29, 1.82) is 5.26 Å². The van der Waals surface area contributed by atoms with Crippen LogP contribution in [0.5, 0.6) is 0 Å². The Labute approximate surface area is 66.7 Å². The van der Waals surface area contributed by atoms with E-state index in [1.165, 1.54) is 0 Å². The molecule has 0 rings (SSSR count). The van der Waals surface area contributed by atoms with Crippen molar-refractivity contribution in [2.75, 3.05) is 0 Å². The van der Waals surface area contributed by atoms with E-state index in [2.05, 4.69) is 5.32 Å². The van der Waals surface area contributed by atoms with Gasteiger partial charge in [-0.25, -0.2) is 0 Å². The Bertz CT molecular complexity index is 179. The number of nitriles is 1. The predicted octanol–water partition coefficient (Wildman–Crippen LogP) is 0.898. The SMILES string of the molecule is CC=CC=CCC(O)NC#N. The average molecular weight is 152 g/mol. The Morgan fingerprint density at radius 2 is 2.36 bits per heavy atom. The third kappa shape index (κ3) is 6.62. The molecule has 1 unspecified atom stereocenters. The van der Waals surface area contributed by atoms with Crippen molar-refractivity contribution < 1.29 is 5.11 Å². The first kappa shape index (κ1) is 9.73. The molecule has 0 aliphatic heterocycles. The monoisotopic (exact) mass is 152 g/mol. The van der Waals surface area contributed by atoms with Crippen molar-refractivity contribution >= 4 is 0 Å². The molecule has 0 bridgehead atoms. The number of aliphatic hydroxyl groups is 1. The van der Waals surface area contributed by atoms with Crippen LogP contribution in [0.2, 0.25) is 0 Å². The van der Waals surface area contributed by atoms with Crippen molar-refractivity contribution in [3.63, 3.8) is 0 Å². The number of nitrogens with zero attached hydrogens (tertiary/aromatic N) is 1. The molecule has 1 atom stereocenters. The Balaban J connectivity index is 3.46. The Morgan fingerprint density at radius 1 is 1.64 bits per heavy atom. The molecule has 0 aliphatic rings. The fourth-order valence-corrected chi connectivity index (χ4v) is 0.531. The van der Waals surface area contributed by atoms with E-state index in [0.29, 0.717) is 6.42 Å². The van der Waals surface area contributed by atoms with Crippen LogP contribution >= 0.6 is 0 Å². The molecule has 0 saturated carbocycles. The highest BCUT2D eigenvalue weighted by molar-refractivity contribution is 5.01. The van der Waals surface area contributed by atoms with Gasteiger partial charge in [0.2, 0.25) is 0 Å². The van der Waals surface area contributed by atoms with Crippen LogP contribution in [-0.2, 0) is 0 Å². The van der Waals surface area contributed by atoms with E-state index in [1.807, 2.05) is 25.2 Å². The maximum atomic E-state index is 8.94. The normalized spacial score (nSPS) is 13.5. The fraction of sp³-hybridized carbons (Fsp3) is 0.375. The zero-order valence-corrected chi connectivity index (χ0v) is 6.49. The van der Waals surface area contributed by atoms with Gasteiger partial charge in [0.1, 0.15) is 6.23 Å². The number of aliphatic hydroxyl groups excluding tert-OH is 1. The summed E-state index contributed by atoms with van der Waals surface area (Å²) < 4.78 is 0. The van der Waals surface area contributed by atoms with Crippen LogP contribution in [0.4, 0.5) is 0 Å². The van der Waals surface area contributed by atoms with Crippen molar-refractivity contribution in [3.8, 4) is 6.19 Å². The molecule has 60 valence electrons. The first-order chi connectivity index (χ1) is 5.31. The van der Waals surface area contributed by atoms with Crippen LogP contribution in [0.25, 0.3) is 0 Å². The molecule has 0 saturated heterocycles. The van der Waals surface area contributed by atoms with Crippen molar-refractivity contribution in [2.45, 2.75) is 19.6 Å². The molecule has 0 aliphatic carbocycles. The zero-order chi connectivity index (χ0) is 8.53. The van der Waals surface area contributed by atoms with Crippen LogP contribution in [0.3, 0.4) is 0 Å². The highest BCUT2D eigenvalue weighted by atomic mass is 16.3. The minimum absolute atomic E-state index is 0.442. The molecule has 0 heterocycles. The van der Waals surface area contributed by atoms with Gasteiger partial charge in [0, 0.05) is 6.42 Å². The summed E-state index contributed by atoms with van der Waals surface area (Å²) in [5, 5.41) is 19.2. The summed E-state index contributed by atoms with van der Waals surface area (Å²) in [5.74, 6) is 0. The predicted molar refractivity (Wildman–Crippen MR) is 43.3 cm³/mol. The third-order valence-electron chi connectivity index (χ3n) is 1.03. The summed E-state index contributed by atoms with van der Waals surface area (Å²) in [6.45, 7) is 1.91. The lowest BCUT2D eigenvalue weighted by molar-refractivity contribution is 0.159. The van der Waals surface area contributed by atoms with Gasteiger partial charge in [0.25, 0.3) is 0 Å². The van der Waals surface area contributed by atoms with Gasteiger partial charge in [-0.15, -0.1) is 0 Å². The molecule has 0 radical (unpaired) electrons. The Morgan fingerprint density at radius 3 is 2.91 bits per heavy atom. The van der Waals surface area contributed by atoms with E-state index < -0.39 is 6.23 Å². The maximum absolute atomic E-state index is 8.94. The topological polar surface area (TPSA) is 56.0 Å². The molecule has 3 nitrogen and oxygen atoms in total. The highest BCUT2D eigenvalue weighted by Gasteiger charge is 1.94. The lowest BCUT2D eigenvalue weighted by atomic mass is 10.3. The quantitative estimate of drug-likeness (QED) is 0.272. The first-order valence-electron chi connectivity index (χ1n) is 3.41. The summed E-state index contributed by atoms with van der Waals surface area (Å²) in [6, 6.07) is 0. The van der Waals surface area contributed by atoms with Crippen LogP contribution in [0.1, 0.15) is 13.3 Å². The summed E-state index contributed by atoms with van der Waals surface area (Å²) in [6.07, 6.45) is 8.69. The largest absolute Gasteiger partial charge is 0.373 e. The first-order valence-corrected chi connectivity index (χ1v) is 3.41. The zero-order valence-electron chi connectivity index (χ0n) is 6.49. The molecule has 0 aromatic carbocycles. The number of hydrogen-bond acceptors (Lipinski definition) is 3. The molecule has 0 aromatic rings. The summed E-state index contributed by atoms with van der Waals surface area (Å²) in [4.78, 5) is 0. The van der Waals surface area contributed by atoms with Crippen LogP contribution < -0.4 is 5.32 Å². The Hall–Kier alpha value is -1.27. The van der Waals surface area contributed by atoms with Gasteiger partial charge in [-0.3, -0.25) is 5.32 Å². The van der Waals surface area contributed by atoms with Crippen LogP contribution in [-0.4, -0.2) is 11.3 Å². The molecule has 0 amide bonds. The van der Waals surface area contributed by atoms with Crippen molar-refractivity contribution in [2.24, 2.45) is 0 Å². The van der Waals surface area contributed by atoms with Gasteiger partial charge >= 0.3 is 0 Å². The van der Waals surface area contributed by atoms with Gasteiger partial charge in [-0.2, -0.15) is 5.26 Å². The summed E-state index contributed by atoms with van der Waals surface area (Å²) in [5.41, 5.74) is 0. The van der Waals surface area contributed by atoms with Crippen molar-refractivity contribution in [1.82, 2.24) is 5.32 Å². The second kappa shape index (κ2) is 6.84. The number of rotatable bonds is 4. The molecule has 2 N–H and O–H groups in total. The lowest BCUT2D eigenvalue weighted by Gasteiger charge is -2.01. The van der Waals surface area contributed by atoms with Gasteiger partial charge in [-0.05, 0) is 6.92 Å². The van der Waals surface area contributed by atoms with E-state index in [4.69, 9.17) is 10.4 Å². The smallest absolute Gasteiger partial charge is 0.178 e. The van der Waals surface area contributed by atoms with E-state index in [0.717, 1.165) is 0 Å². The number of nitrogens with one attached hydrogen (secondary N) is 1. The van der Waals surface area contributed by atoms with Gasteiger partial charge < -0.3 is 5.11 Å². The van der Waals surface area contributed by atoms with E-state index in [1.54, 1.807) is 12.3 Å². The Kier molecular flexibility index (Phi) is 6.05. The minimum atomic E-state index is -0.762. The molecule has 3 heteroatoms. The maximum Gasteiger partial charge on any atom is 0.178 e. The second-order valence-corrected chi connectivity index (χ2v) is 1.96.